The Bertz CT molecular complexity index is 2890. The van der Waals surface area contributed by atoms with Crippen molar-refractivity contribution in [1.82, 2.24) is 40.0 Å². The average molecular weight is 1040 g/mol. The van der Waals surface area contributed by atoms with Gasteiger partial charge in [0.15, 0.2) is 0 Å². The summed E-state index contributed by atoms with van der Waals surface area (Å²) < 4.78 is 38.3. The van der Waals surface area contributed by atoms with Crippen LogP contribution in [0.1, 0.15) is 147 Å². The zero-order chi connectivity index (χ0) is 52.7. The lowest BCUT2D eigenvalue weighted by Gasteiger charge is -2.41. The van der Waals surface area contributed by atoms with Gasteiger partial charge in [-0.05, 0) is 124 Å². The fourth-order valence-corrected chi connectivity index (χ4v) is 13.4. The van der Waals surface area contributed by atoms with Gasteiger partial charge >= 0.3 is 0 Å². The van der Waals surface area contributed by atoms with Crippen molar-refractivity contribution in [2.45, 2.75) is 146 Å². The first-order valence-corrected chi connectivity index (χ1v) is 28.2. The molecule has 6 heterocycles. The summed E-state index contributed by atoms with van der Waals surface area (Å²) in [6.45, 7) is 6.04. The van der Waals surface area contributed by atoms with Crippen molar-refractivity contribution in [3.8, 4) is 0 Å². The van der Waals surface area contributed by atoms with Crippen molar-refractivity contribution in [1.29, 1.82) is 0 Å². The molecule has 0 radical (unpaired) electrons. The van der Waals surface area contributed by atoms with Gasteiger partial charge in [0.2, 0.25) is 17.7 Å². The lowest BCUT2D eigenvalue weighted by molar-refractivity contribution is -0.141. The number of aromatic nitrogens is 2. The molecule has 17 heteroatoms. The minimum absolute atomic E-state index is 0.00522. The van der Waals surface area contributed by atoms with Crippen LogP contribution >= 0.6 is 0 Å². The maximum atomic E-state index is 16.6. The second-order valence-electron chi connectivity index (χ2n) is 23.2. The Balaban J connectivity index is 0.625. The molecule has 7 fully saturated rings. The molecule has 2 unspecified atom stereocenters. The predicted octanol–water partition coefficient (Wildman–Crippen LogP) is 6.96. The SMILES string of the molecule is CC1(C(=O)N2C3CCC2CC(c2cccc(C(=O)N[C@@H](C(=O)N4CCC(OC5CCN(CC(=O)N6CCN(C(=O)c7cc(Cc8n[nH]c(=O)c9ccccc89)ccc7F)CC6)CC5)CC4)C4CCCCC4)c2F)C3)CC1. The van der Waals surface area contributed by atoms with Crippen LogP contribution in [0, 0.1) is 23.0 Å². The molecule has 3 aromatic carbocycles. The first kappa shape index (κ1) is 52.0. The number of piperazine rings is 1. The number of nitrogens with one attached hydrogen (secondary N) is 2. The molecule has 0 spiro atoms. The standard InChI is InChI=1S/C59H72F2N8O7/c1-59(22-23-59)58(75)69-40-15-16-41(69)35-39(34-40)44-12-7-13-47(52(44)61)54(71)62-53(38-8-3-2-4-9-38)57(74)67-26-20-43(21-27-67)76-42-18-24-65(25-19-42)36-51(70)66-28-30-68(31-29-66)56(73)48-32-37(14-17-49(48)60)33-50-45-10-5-6-11-46(45)55(72)64-63-50/h5-7,10-14,17,32,38-43,53H,2-4,8-9,15-16,18-31,33-36H2,1H3,(H,62,71)(H,64,72)/t39?,40?,41?,53-/m1/s1. The molecule has 5 amide bonds. The lowest BCUT2D eigenvalue weighted by atomic mass is 9.82. The van der Waals surface area contributed by atoms with Gasteiger partial charge in [-0.1, -0.05) is 62.6 Å². The number of fused-ring (bicyclic) bond motifs is 3. The van der Waals surface area contributed by atoms with Gasteiger partial charge in [-0.15, -0.1) is 0 Å². The molecule has 76 heavy (non-hydrogen) atoms. The Labute approximate surface area is 443 Å². The van der Waals surface area contributed by atoms with Crippen LogP contribution in [0.25, 0.3) is 10.8 Å². The van der Waals surface area contributed by atoms with Gasteiger partial charge < -0.3 is 29.7 Å². The van der Waals surface area contributed by atoms with Gasteiger partial charge in [0, 0.05) is 81.7 Å². The molecule has 1 aromatic heterocycles. The summed E-state index contributed by atoms with van der Waals surface area (Å²) in [7, 11) is 0. The molecule has 2 saturated carbocycles. The summed E-state index contributed by atoms with van der Waals surface area (Å²) in [5.74, 6) is -2.07. The molecule has 2 bridgehead atoms. The number of rotatable bonds is 13. The normalized spacial score (nSPS) is 23.9. The first-order valence-electron chi connectivity index (χ1n) is 28.2. The third-order valence-corrected chi connectivity index (χ3v) is 18.2. The Morgan fingerprint density at radius 2 is 1.39 bits per heavy atom. The van der Waals surface area contributed by atoms with E-state index < -0.39 is 29.5 Å². The number of hydrogen-bond donors (Lipinski definition) is 2. The third kappa shape index (κ3) is 10.9. The van der Waals surface area contributed by atoms with E-state index in [4.69, 9.17) is 4.74 Å². The minimum atomic E-state index is -0.741. The van der Waals surface area contributed by atoms with Crippen molar-refractivity contribution >= 4 is 40.3 Å². The minimum Gasteiger partial charge on any atom is -0.375 e. The summed E-state index contributed by atoms with van der Waals surface area (Å²) in [6.07, 6.45) is 13.1. The number of ether oxygens (including phenoxy) is 1. The van der Waals surface area contributed by atoms with E-state index in [9.17, 15) is 28.8 Å². The van der Waals surface area contributed by atoms with E-state index in [-0.39, 0.29) is 95.6 Å². The number of amides is 5. The van der Waals surface area contributed by atoms with E-state index in [0.29, 0.717) is 99.0 Å². The topological polar surface area (TPSA) is 169 Å². The highest BCUT2D eigenvalue weighted by molar-refractivity contribution is 5.98. The van der Waals surface area contributed by atoms with Crippen LogP contribution in [0.3, 0.4) is 0 Å². The summed E-state index contributed by atoms with van der Waals surface area (Å²) in [5, 5.41) is 11.0. The summed E-state index contributed by atoms with van der Waals surface area (Å²) in [5.41, 5.74) is 1.24. The Morgan fingerprint density at radius 3 is 2.08 bits per heavy atom. The number of benzene rings is 3. The van der Waals surface area contributed by atoms with Gasteiger partial charge in [-0.3, -0.25) is 33.7 Å². The van der Waals surface area contributed by atoms with Gasteiger partial charge in [0.25, 0.3) is 17.4 Å². The van der Waals surface area contributed by atoms with E-state index in [1.54, 1.807) is 46.2 Å². The maximum absolute atomic E-state index is 16.6. The summed E-state index contributed by atoms with van der Waals surface area (Å²) >= 11 is 0. The predicted molar refractivity (Wildman–Crippen MR) is 281 cm³/mol. The van der Waals surface area contributed by atoms with Gasteiger partial charge in [0.05, 0.1) is 41.0 Å². The van der Waals surface area contributed by atoms with Crippen molar-refractivity contribution in [2.75, 3.05) is 58.9 Å². The lowest BCUT2D eigenvalue weighted by Crippen LogP contribution is -2.55. The molecule has 2 N–H and O–H groups in total. The van der Waals surface area contributed by atoms with Crippen LogP contribution in [0.2, 0.25) is 0 Å². The Hall–Kier alpha value is -6.07. The molecule has 2 aliphatic carbocycles. The van der Waals surface area contributed by atoms with Crippen LogP contribution < -0.4 is 10.9 Å². The highest BCUT2D eigenvalue weighted by Crippen LogP contribution is 2.52. The highest BCUT2D eigenvalue weighted by Gasteiger charge is 2.53. The Morgan fingerprint density at radius 1 is 0.737 bits per heavy atom. The summed E-state index contributed by atoms with van der Waals surface area (Å²) in [4.78, 5) is 90.8. The van der Waals surface area contributed by atoms with E-state index in [1.807, 2.05) is 17.0 Å². The fraction of sp³-hybridized carbons (Fsp3) is 0.576. The molecule has 5 aliphatic heterocycles. The third-order valence-electron chi connectivity index (χ3n) is 18.2. The van der Waals surface area contributed by atoms with Gasteiger partial charge in [-0.2, -0.15) is 5.10 Å². The molecular weight excluding hydrogens is 971 g/mol. The van der Waals surface area contributed by atoms with Gasteiger partial charge in [0.1, 0.15) is 17.7 Å². The van der Waals surface area contributed by atoms with E-state index in [1.165, 1.54) is 12.1 Å². The van der Waals surface area contributed by atoms with Crippen molar-refractivity contribution < 1.29 is 37.5 Å². The van der Waals surface area contributed by atoms with Crippen molar-refractivity contribution in [2.24, 2.45) is 11.3 Å². The second-order valence-corrected chi connectivity index (χ2v) is 23.2. The molecule has 5 saturated heterocycles. The van der Waals surface area contributed by atoms with Crippen LogP contribution in [-0.4, -0.2) is 153 Å². The zero-order valence-corrected chi connectivity index (χ0v) is 43.8. The van der Waals surface area contributed by atoms with E-state index >= 15 is 8.78 Å². The van der Waals surface area contributed by atoms with Crippen molar-refractivity contribution in [3.63, 3.8) is 0 Å². The number of halogens is 2. The maximum Gasteiger partial charge on any atom is 0.272 e. The molecule has 3 atom stereocenters. The largest absolute Gasteiger partial charge is 0.375 e. The zero-order valence-electron chi connectivity index (χ0n) is 43.8. The van der Waals surface area contributed by atoms with E-state index in [0.717, 1.165) is 70.6 Å². The second kappa shape index (κ2) is 22.1. The fourth-order valence-electron chi connectivity index (χ4n) is 13.4. The van der Waals surface area contributed by atoms with Gasteiger partial charge in [-0.25, -0.2) is 13.9 Å². The van der Waals surface area contributed by atoms with Crippen LogP contribution in [0.4, 0.5) is 8.78 Å². The molecule has 4 aromatic rings. The van der Waals surface area contributed by atoms with Crippen LogP contribution in [-0.2, 0) is 25.5 Å². The quantitative estimate of drug-likeness (QED) is 0.144. The highest BCUT2D eigenvalue weighted by atomic mass is 19.1. The average Bonchev–Trinajstić information content (AvgIpc) is 4.15. The number of aromatic amines is 1. The monoisotopic (exact) mass is 1040 g/mol. The summed E-state index contributed by atoms with van der Waals surface area (Å²) in [6, 6.07) is 16.1. The number of piperidine rings is 3. The van der Waals surface area contributed by atoms with E-state index in [2.05, 4.69) is 32.2 Å². The van der Waals surface area contributed by atoms with Crippen LogP contribution in [0.15, 0.2) is 65.5 Å². The molecule has 7 aliphatic rings. The molecular formula is C59H72F2N8O7. The first-order chi connectivity index (χ1) is 36.8. The molecule has 404 valence electrons. The Kier molecular flexibility index (Phi) is 15.1. The number of carbonyl (C=O) groups excluding carboxylic acids is 5. The molecule has 15 nitrogen and oxygen atoms in total. The number of nitrogens with zero attached hydrogens (tertiary/aromatic N) is 6. The number of likely N-dealkylation sites (tertiary alicyclic amines) is 2. The van der Waals surface area contributed by atoms with Crippen LogP contribution in [0.5, 0.6) is 0 Å². The number of hydrogen-bond acceptors (Lipinski definition) is 9. The molecule has 11 rings (SSSR count). The number of carbonyl (C=O) groups is 5. The number of H-pyrrole nitrogens is 1. The smallest absolute Gasteiger partial charge is 0.272 e. The van der Waals surface area contributed by atoms with Crippen molar-refractivity contribution in [3.05, 3.63) is 111 Å².